The fourth-order valence-corrected chi connectivity index (χ4v) is 5.19. The molecule has 1 unspecified atom stereocenters. The van der Waals surface area contributed by atoms with E-state index in [1.165, 1.54) is 5.57 Å². The Bertz CT molecular complexity index is 853. The van der Waals surface area contributed by atoms with Gasteiger partial charge >= 0.3 is 0 Å². The normalized spacial score (nSPS) is 21.7. The standard InChI is InChI=1S/C26H37NO3S/c1-19-7-9-20(10-8-19)24(28)27(21-11-15-26(29-5,30-6)16-12-21)22-17-23(31-18-22)13-14-25(2,3)4/h7,17-18,20-21H,8-12,15-16H2,1-6H3. The molecule has 31 heavy (non-hydrogen) atoms. The first-order valence-electron chi connectivity index (χ1n) is 11.4. The number of nitrogens with zero attached hydrogens (tertiary/aromatic N) is 1. The van der Waals surface area contributed by atoms with E-state index >= 15 is 0 Å². The highest BCUT2D eigenvalue weighted by Crippen LogP contribution is 2.38. The molecule has 0 bridgehead atoms. The molecule has 1 aromatic rings. The minimum atomic E-state index is -0.520. The summed E-state index contributed by atoms with van der Waals surface area (Å²) in [5, 5.41) is 2.10. The quantitative estimate of drug-likeness (QED) is 0.311. The maximum absolute atomic E-state index is 13.7. The molecular formula is C26H37NO3S. The third kappa shape index (κ3) is 6.00. The largest absolute Gasteiger partial charge is 0.353 e. The number of thiophene rings is 1. The van der Waals surface area contributed by atoms with Crippen LogP contribution >= 0.6 is 11.3 Å². The van der Waals surface area contributed by atoms with Crippen molar-refractivity contribution in [3.05, 3.63) is 28.0 Å². The molecule has 3 rings (SSSR count). The Morgan fingerprint density at radius 1 is 1.19 bits per heavy atom. The van der Waals surface area contributed by atoms with Crippen LogP contribution in [0.4, 0.5) is 5.69 Å². The molecule has 5 heteroatoms. The van der Waals surface area contributed by atoms with E-state index in [9.17, 15) is 4.79 Å². The predicted octanol–water partition coefficient (Wildman–Crippen LogP) is 6.16. The summed E-state index contributed by atoms with van der Waals surface area (Å²) in [6.07, 6.45) is 8.34. The summed E-state index contributed by atoms with van der Waals surface area (Å²) < 4.78 is 11.3. The molecule has 1 aromatic heterocycles. The first-order chi connectivity index (χ1) is 14.7. The molecule has 1 atom stereocenters. The zero-order valence-corrected chi connectivity index (χ0v) is 20.7. The van der Waals surface area contributed by atoms with Crippen LogP contribution in [0.5, 0.6) is 0 Å². The van der Waals surface area contributed by atoms with Crippen LogP contribution in [0.3, 0.4) is 0 Å². The van der Waals surface area contributed by atoms with Crippen molar-refractivity contribution in [1.29, 1.82) is 0 Å². The van der Waals surface area contributed by atoms with Crippen molar-refractivity contribution in [2.24, 2.45) is 11.3 Å². The van der Waals surface area contributed by atoms with Gasteiger partial charge in [-0.2, -0.15) is 0 Å². The molecule has 0 radical (unpaired) electrons. The number of carbonyl (C=O) groups is 1. The summed E-state index contributed by atoms with van der Waals surface area (Å²) >= 11 is 1.63. The topological polar surface area (TPSA) is 38.8 Å². The zero-order valence-electron chi connectivity index (χ0n) is 19.9. The maximum atomic E-state index is 13.7. The molecule has 0 aromatic carbocycles. The Balaban J connectivity index is 1.86. The van der Waals surface area contributed by atoms with Gasteiger partial charge in [0.1, 0.15) is 0 Å². The zero-order chi connectivity index (χ0) is 22.6. The van der Waals surface area contributed by atoms with Gasteiger partial charge in [-0.25, -0.2) is 0 Å². The average molecular weight is 444 g/mol. The predicted molar refractivity (Wildman–Crippen MR) is 128 cm³/mol. The lowest BCUT2D eigenvalue weighted by Crippen LogP contribution is -2.49. The van der Waals surface area contributed by atoms with Crippen molar-refractivity contribution in [3.8, 4) is 11.8 Å². The van der Waals surface area contributed by atoms with Gasteiger partial charge in [-0.1, -0.05) is 23.5 Å². The number of rotatable bonds is 5. The fourth-order valence-electron chi connectivity index (χ4n) is 4.46. The van der Waals surface area contributed by atoms with Crippen LogP contribution in [0.15, 0.2) is 23.1 Å². The Hall–Kier alpha value is -1.61. The van der Waals surface area contributed by atoms with Gasteiger partial charge in [0.05, 0.1) is 10.6 Å². The Morgan fingerprint density at radius 2 is 1.87 bits per heavy atom. The molecule has 2 aliphatic rings. The molecular weight excluding hydrogens is 406 g/mol. The van der Waals surface area contributed by atoms with Crippen LogP contribution in [0, 0.1) is 23.2 Å². The second-order valence-corrected chi connectivity index (χ2v) is 10.9. The van der Waals surface area contributed by atoms with E-state index in [4.69, 9.17) is 9.47 Å². The fraction of sp³-hybridized carbons (Fsp3) is 0.654. The lowest BCUT2D eigenvalue weighted by Gasteiger charge is -2.42. The summed E-state index contributed by atoms with van der Waals surface area (Å²) in [6.45, 7) is 8.50. The number of hydrogen-bond donors (Lipinski definition) is 0. The lowest BCUT2D eigenvalue weighted by molar-refractivity contribution is -0.224. The molecule has 1 heterocycles. The number of amides is 1. The summed E-state index contributed by atoms with van der Waals surface area (Å²) in [6, 6.07) is 2.26. The second kappa shape index (κ2) is 9.90. The van der Waals surface area contributed by atoms with Crippen LogP contribution in [0.2, 0.25) is 0 Å². The van der Waals surface area contributed by atoms with Gasteiger partial charge in [0.15, 0.2) is 5.79 Å². The van der Waals surface area contributed by atoms with Gasteiger partial charge in [-0.3, -0.25) is 4.79 Å². The number of ether oxygens (including phenoxy) is 2. The van der Waals surface area contributed by atoms with E-state index in [-0.39, 0.29) is 23.3 Å². The number of allylic oxidation sites excluding steroid dienone is 2. The highest BCUT2D eigenvalue weighted by molar-refractivity contribution is 7.11. The van der Waals surface area contributed by atoms with Crippen LogP contribution in [0.1, 0.15) is 77.5 Å². The van der Waals surface area contributed by atoms with E-state index in [0.29, 0.717) is 0 Å². The van der Waals surface area contributed by atoms with Gasteiger partial charge in [0.2, 0.25) is 5.91 Å². The van der Waals surface area contributed by atoms with Crippen molar-refractivity contribution < 1.29 is 14.3 Å². The van der Waals surface area contributed by atoms with Gasteiger partial charge in [-0.15, -0.1) is 11.3 Å². The molecule has 0 saturated heterocycles. The Kier molecular flexibility index (Phi) is 7.68. The summed E-state index contributed by atoms with van der Waals surface area (Å²) in [7, 11) is 3.42. The highest BCUT2D eigenvalue weighted by Gasteiger charge is 2.40. The average Bonchev–Trinajstić information content (AvgIpc) is 3.22. The number of hydrogen-bond acceptors (Lipinski definition) is 4. The van der Waals surface area contributed by atoms with Crippen molar-refractivity contribution in [2.45, 2.75) is 84.5 Å². The maximum Gasteiger partial charge on any atom is 0.230 e. The molecule has 1 amide bonds. The smallest absolute Gasteiger partial charge is 0.230 e. The molecule has 0 aliphatic heterocycles. The van der Waals surface area contributed by atoms with E-state index in [2.05, 4.69) is 62.0 Å². The molecule has 1 fully saturated rings. The third-order valence-corrected chi connectivity index (χ3v) is 7.31. The van der Waals surface area contributed by atoms with Gasteiger partial charge in [-0.05, 0) is 65.9 Å². The first kappa shape index (κ1) is 24.0. The van der Waals surface area contributed by atoms with E-state index in [0.717, 1.165) is 55.5 Å². The van der Waals surface area contributed by atoms with E-state index in [1.54, 1.807) is 25.6 Å². The molecule has 2 aliphatic carbocycles. The molecule has 0 N–H and O–H groups in total. The van der Waals surface area contributed by atoms with Crippen LogP contribution in [-0.2, 0) is 14.3 Å². The van der Waals surface area contributed by atoms with Crippen molar-refractivity contribution in [2.75, 3.05) is 19.1 Å². The lowest BCUT2D eigenvalue weighted by atomic mass is 9.85. The van der Waals surface area contributed by atoms with Crippen molar-refractivity contribution >= 4 is 22.9 Å². The highest BCUT2D eigenvalue weighted by atomic mass is 32.1. The second-order valence-electron chi connectivity index (χ2n) is 9.95. The molecule has 170 valence electrons. The number of methoxy groups -OCH3 is 2. The van der Waals surface area contributed by atoms with Crippen molar-refractivity contribution in [1.82, 2.24) is 0 Å². The first-order valence-corrected chi connectivity index (χ1v) is 12.2. The van der Waals surface area contributed by atoms with Crippen LogP contribution < -0.4 is 4.90 Å². The van der Waals surface area contributed by atoms with Crippen LogP contribution in [0.25, 0.3) is 0 Å². The van der Waals surface area contributed by atoms with Gasteiger partial charge in [0.25, 0.3) is 0 Å². The Morgan fingerprint density at radius 3 is 2.42 bits per heavy atom. The third-order valence-electron chi connectivity index (χ3n) is 6.48. The van der Waals surface area contributed by atoms with Gasteiger partial charge < -0.3 is 14.4 Å². The summed E-state index contributed by atoms with van der Waals surface area (Å²) in [5.74, 6) is 6.40. The minimum absolute atomic E-state index is 0.0427. The van der Waals surface area contributed by atoms with Crippen molar-refractivity contribution in [3.63, 3.8) is 0 Å². The summed E-state index contributed by atoms with van der Waals surface area (Å²) in [5.41, 5.74) is 2.35. The number of anilines is 1. The van der Waals surface area contributed by atoms with E-state index < -0.39 is 5.79 Å². The minimum Gasteiger partial charge on any atom is -0.353 e. The molecule has 0 spiro atoms. The van der Waals surface area contributed by atoms with Gasteiger partial charge in [0, 0.05) is 49.8 Å². The molecule has 4 nitrogen and oxygen atoms in total. The SMILES string of the molecule is COC1(OC)CCC(N(C(=O)C2CC=C(C)CC2)c2csc(C#CC(C)(C)C)c2)CC1. The molecule has 1 saturated carbocycles. The van der Waals surface area contributed by atoms with Crippen LogP contribution in [-0.4, -0.2) is 32.0 Å². The number of carbonyl (C=O) groups excluding carboxylic acids is 1. The van der Waals surface area contributed by atoms with E-state index in [1.807, 2.05) is 0 Å². The Labute approximate surface area is 192 Å². The monoisotopic (exact) mass is 443 g/mol. The summed E-state index contributed by atoms with van der Waals surface area (Å²) in [4.78, 5) is 16.8.